The maximum absolute atomic E-state index is 12.1. The van der Waals surface area contributed by atoms with Crippen molar-refractivity contribution < 1.29 is 4.79 Å². The molecular weight excluding hydrogens is 381 g/mol. The number of aromatic nitrogens is 4. The second-order valence-corrected chi connectivity index (χ2v) is 6.84. The molecule has 1 aromatic carbocycles. The summed E-state index contributed by atoms with van der Waals surface area (Å²) in [7, 11) is 1.86. The van der Waals surface area contributed by atoms with Crippen LogP contribution in [0.4, 0.5) is 5.82 Å². The summed E-state index contributed by atoms with van der Waals surface area (Å²) in [6, 6.07) is 11.3. The molecule has 0 fully saturated rings. The second kappa shape index (κ2) is 7.86. The predicted octanol–water partition coefficient (Wildman–Crippen LogP) is 3.91. The molecular formula is C16H13Cl2N5OS. The SMILES string of the molecule is Cn1c(SCC(=O)Nc2ncc(Cl)cc2Cl)nnc1-c1ccccc1. The highest BCUT2D eigenvalue weighted by atomic mass is 35.5. The summed E-state index contributed by atoms with van der Waals surface area (Å²) >= 11 is 13.1. The van der Waals surface area contributed by atoms with E-state index in [1.807, 2.05) is 41.9 Å². The minimum absolute atomic E-state index is 0.154. The van der Waals surface area contributed by atoms with Gasteiger partial charge in [-0.1, -0.05) is 65.3 Å². The number of halogens is 2. The van der Waals surface area contributed by atoms with Gasteiger partial charge in [0.1, 0.15) is 0 Å². The molecule has 0 saturated heterocycles. The highest BCUT2D eigenvalue weighted by molar-refractivity contribution is 7.99. The quantitative estimate of drug-likeness (QED) is 0.665. The first-order valence-corrected chi connectivity index (χ1v) is 8.97. The number of benzene rings is 1. The Morgan fingerprint density at radius 3 is 2.72 bits per heavy atom. The zero-order chi connectivity index (χ0) is 17.8. The Kier molecular flexibility index (Phi) is 5.57. The van der Waals surface area contributed by atoms with E-state index < -0.39 is 0 Å². The Bertz CT molecular complexity index is 901. The van der Waals surface area contributed by atoms with E-state index in [2.05, 4.69) is 20.5 Å². The first kappa shape index (κ1) is 17.7. The molecule has 0 atom stereocenters. The topological polar surface area (TPSA) is 72.7 Å². The number of rotatable bonds is 5. The third-order valence-corrected chi connectivity index (χ3v) is 4.78. The summed E-state index contributed by atoms with van der Waals surface area (Å²) in [5.41, 5.74) is 0.964. The molecule has 2 aromatic heterocycles. The molecule has 9 heteroatoms. The molecule has 0 aliphatic carbocycles. The molecule has 0 bridgehead atoms. The average molecular weight is 394 g/mol. The van der Waals surface area contributed by atoms with E-state index in [1.165, 1.54) is 24.0 Å². The molecule has 0 saturated carbocycles. The van der Waals surface area contributed by atoms with E-state index in [9.17, 15) is 4.79 Å². The van der Waals surface area contributed by atoms with E-state index in [1.54, 1.807) is 0 Å². The van der Waals surface area contributed by atoms with Gasteiger partial charge in [-0.3, -0.25) is 4.79 Å². The second-order valence-electron chi connectivity index (χ2n) is 5.05. The first-order chi connectivity index (χ1) is 12.0. The van der Waals surface area contributed by atoms with E-state index in [-0.39, 0.29) is 22.5 Å². The minimum atomic E-state index is -0.244. The Morgan fingerprint density at radius 1 is 1.24 bits per heavy atom. The van der Waals surface area contributed by atoms with E-state index in [4.69, 9.17) is 23.2 Å². The average Bonchev–Trinajstić information content (AvgIpc) is 2.97. The van der Waals surface area contributed by atoms with Gasteiger partial charge in [0.05, 0.1) is 15.8 Å². The molecule has 128 valence electrons. The van der Waals surface area contributed by atoms with E-state index in [0.29, 0.717) is 10.2 Å². The van der Waals surface area contributed by atoms with Gasteiger partial charge in [0.15, 0.2) is 16.8 Å². The maximum Gasteiger partial charge on any atom is 0.236 e. The number of amides is 1. The van der Waals surface area contributed by atoms with Gasteiger partial charge in [-0.25, -0.2) is 4.98 Å². The number of hydrogen-bond donors (Lipinski definition) is 1. The van der Waals surface area contributed by atoms with Crippen molar-refractivity contribution in [3.63, 3.8) is 0 Å². The first-order valence-electron chi connectivity index (χ1n) is 7.23. The lowest BCUT2D eigenvalue weighted by molar-refractivity contribution is -0.113. The third-order valence-electron chi connectivity index (χ3n) is 3.26. The van der Waals surface area contributed by atoms with E-state index in [0.717, 1.165) is 11.4 Å². The highest BCUT2D eigenvalue weighted by Crippen LogP contribution is 2.24. The Hall–Kier alpha value is -2.09. The fourth-order valence-electron chi connectivity index (χ4n) is 2.08. The van der Waals surface area contributed by atoms with Crippen molar-refractivity contribution in [2.75, 3.05) is 11.1 Å². The van der Waals surface area contributed by atoms with Crippen LogP contribution < -0.4 is 5.32 Å². The van der Waals surface area contributed by atoms with Crippen LogP contribution >= 0.6 is 35.0 Å². The molecule has 6 nitrogen and oxygen atoms in total. The zero-order valence-corrected chi connectivity index (χ0v) is 15.4. The van der Waals surface area contributed by atoms with Crippen LogP contribution in [0.5, 0.6) is 0 Å². The summed E-state index contributed by atoms with van der Waals surface area (Å²) in [6.45, 7) is 0. The number of anilines is 1. The lowest BCUT2D eigenvalue weighted by atomic mass is 10.2. The van der Waals surface area contributed by atoms with Gasteiger partial charge < -0.3 is 9.88 Å². The monoisotopic (exact) mass is 393 g/mol. The maximum atomic E-state index is 12.1. The molecule has 0 aliphatic heterocycles. The van der Waals surface area contributed by atoms with Crippen LogP contribution in [0, 0.1) is 0 Å². The Morgan fingerprint density at radius 2 is 2.00 bits per heavy atom. The van der Waals surface area contributed by atoms with Crippen molar-refractivity contribution in [2.24, 2.45) is 7.05 Å². The van der Waals surface area contributed by atoms with Crippen LogP contribution in [0.15, 0.2) is 47.8 Å². The summed E-state index contributed by atoms with van der Waals surface area (Å²) in [6.07, 6.45) is 1.42. The van der Waals surface area contributed by atoms with Gasteiger partial charge in [0, 0.05) is 18.8 Å². The van der Waals surface area contributed by atoms with Crippen LogP contribution in [0.1, 0.15) is 0 Å². The van der Waals surface area contributed by atoms with Gasteiger partial charge in [-0.2, -0.15) is 0 Å². The fraction of sp³-hybridized carbons (Fsp3) is 0.125. The minimum Gasteiger partial charge on any atom is -0.309 e. The van der Waals surface area contributed by atoms with Crippen molar-refractivity contribution in [1.29, 1.82) is 0 Å². The molecule has 2 heterocycles. The molecule has 3 aromatic rings. The van der Waals surface area contributed by atoms with Crippen molar-refractivity contribution >= 4 is 46.7 Å². The Balaban J connectivity index is 1.64. The molecule has 1 amide bonds. The van der Waals surface area contributed by atoms with Crippen LogP contribution in [-0.2, 0) is 11.8 Å². The van der Waals surface area contributed by atoms with Crippen molar-refractivity contribution in [1.82, 2.24) is 19.7 Å². The molecule has 25 heavy (non-hydrogen) atoms. The van der Waals surface area contributed by atoms with E-state index >= 15 is 0 Å². The molecule has 0 aliphatic rings. The predicted molar refractivity (Wildman–Crippen MR) is 100 cm³/mol. The van der Waals surface area contributed by atoms with Crippen LogP contribution in [-0.4, -0.2) is 31.4 Å². The number of carbonyl (C=O) groups excluding carboxylic acids is 1. The summed E-state index contributed by atoms with van der Waals surface area (Å²) < 4.78 is 1.85. The molecule has 0 unspecified atom stereocenters. The van der Waals surface area contributed by atoms with Gasteiger partial charge in [-0.05, 0) is 6.07 Å². The largest absolute Gasteiger partial charge is 0.309 e. The van der Waals surface area contributed by atoms with Crippen molar-refractivity contribution in [3.8, 4) is 11.4 Å². The fourth-order valence-corrected chi connectivity index (χ4v) is 3.22. The molecule has 0 radical (unpaired) electrons. The van der Waals surface area contributed by atoms with Gasteiger partial charge in [0.25, 0.3) is 0 Å². The van der Waals surface area contributed by atoms with Crippen LogP contribution in [0.3, 0.4) is 0 Å². The number of pyridine rings is 1. The lowest BCUT2D eigenvalue weighted by Crippen LogP contribution is -2.15. The molecule has 0 spiro atoms. The van der Waals surface area contributed by atoms with Gasteiger partial charge >= 0.3 is 0 Å². The Labute approximate surface area is 158 Å². The van der Waals surface area contributed by atoms with Crippen LogP contribution in [0.25, 0.3) is 11.4 Å². The summed E-state index contributed by atoms with van der Waals surface area (Å²) in [5.74, 6) is 0.929. The van der Waals surface area contributed by atoms with Crippen molar-refractivity contribution in [2.45, 2.75) is 5.16 Å². The number of thioether (sulfide) groups is 1. The molecule has 3 rings (SSSR count). The van der Waals surface area contributed by atoms with Crippen LogP contribution in [0.2, 0.25) is 10.0 Å². The standard InChI is InChI=1S/C16H13Cl2N5OS/c1-23-15(10-5-3-2-4-6-10)21-22-16(23)25-9-13(24)20-14-12(18)7-11(17)8-19-14/h2-8H,9H2,1H3,(H,19,20,24). The summed E-state index contributed by atoms with van der Waals surface area (Å²) in [4.78, 5) is 16.1. The molecule has 1 N–H and O–H groups in total. The van der Waals surface area contributed by atoms with Gasteiger partial charge in [-0.15, -0.1) is 10.2 Å². The number of nitrogens with zero attached hydrogens (tertiary/aromatic N) is 4. The third kappa shape index (κ3) is 4.31. The number of hydrogen-bond acceptors (Lipinski definition) is 5. The number of nitrogens with one attached hydrogen (secondary N) is 1. The van der Waals surface area contributed by atoms with Gasteiger partial charge in [0.2, 0.25) is 5.91 Å². The highest BCUT2D eigenvalue weighted by Gasteiger charge is 2.14. The zero-order valence-electron chi connectivity index (χ0n) is 13.1. The lowest BCUT2D eigenvalue weighted by Gasteiger charge is -2.06. The van der Waals surface area contributed by atoms with Crippen molar-refractivity contribution in [3.05, 3.63) is 52.6 Å². The number of carbonyl (C=O) groups is 1. The summed E-state index contributed by atoms with van der Waals surface area (Å²) in [5, 5.41) is 12.3. The normalized spacial score (nSPS) is 10.7. The smallest absolute Gasteiger partial charge is 0.236 e.